The molecule has 0 spiro atoms. The van der Waals surface area contributed by atoms with E-state index < -0.39 is 23.8 Å². The fourth-order valence-electron chi connectivity index (χ4n) is 3.37. The highest BCUT2D eigenvalue weighted by Gasteiger charge is 2.29. The first-order chi connectivity index (χ1) is 16.5. The van der Waals surface area contributed by atoms with Gasteiger partial charge in [0.25, 0.3) is 0 Å². The van der Waals surface area contributed by atoms with Crippen molar-refractivity contribution in [1.82, 2.24) is 20.8 Å². The number of urea groups is 1. The molecule has 0 bridgehead atoms. The van der Waals surface area contributed by atoms with Crippen LogP contribution in [0.5, 0.6) is 5.75 Å². The lowest BCUT2D eigenvalue weighted by molar-refractivity contribution is -0.123. The Morgan fingerprint density at radius 1 is 1.21 bits per heavy atom. The molecule has 3 aromatic rings. The van der Waals surface area contributed by atoms with Gasteiger partial charge in [-0.1, -0.05) is 18.2 Å². The molecule has 5 N–H and O–H groups in total. The Labute approximate surface area is 195 Å². The first kappa shape index (κ1) is 23.2. The van der Waals surface area contributed by atoms with E-state index in [-0.39, 0.29) is 19.3 Å². The largest absolute Gasteiger partial charge is 0.491 e. The Morgan fingerprint density at radius 3 is 2.76 bits per heavy atom. The number of aromatic nitrogens is 2. The SMILES string of the molecule is O=C(Nc1ccc(-c2cn[nH]c2)cc1OCCCO)NC(C(=O)NC1CC1)c1cccc(F)c1. The lowest BCUT2D eigenvalue weighted by Gasteiger charge is -2.20. The molecule has 0 radical (unpaired) electrons. The minimum Gasteiger partial charge on any atom is -0.491 e. The Balaban J connectivity index is 1.52. The molecule has 1 saturated carbocycles. The summed E-state index contributed by atoms with van der Waals surface area (Å²) in [5.41, 5.74) is 2.37. The zero-order chi connectivity index (χ0) is 23.9. The van der Waals surface area contributed by atoms with Crippen molar-refractivity contribution in [2.45, 2.75) is 31.3 Å². The van der Waals surface area contributed by atoms with Crippen LogP contribution in [0, 0.1) is 5.82 Å². The predicted molar refractivity (Wildman–Crippen MR) is 124 cm³/mol. The number of aromatic amines is 1. The second-order valence-electron chi connectivity index (χ2n) is 7.99. The first-order valence-electron chi connectivity index (χ1n) is 11.0. The lowest BCUT2D eigenvalue weighted by Crippen LogP contribution is -2.42. The van der Waals surface area contributed by atoms with Gasteiger partial charge in [-0.2, -0.15) is 5.10 Å². The molecular weight excluding hydrogens is 441 g/mol. The number of carbonyl (C=O) groups is 2. The highest BCUT2D eigenvalue weighted by molar-refractivity contribution is 5.95. The molecule has 2 aromatic carbocycles. The number of rotatable bonds is 10. The van der Waals surface area contributed by atoms with E-state index in [0.717, 1.165) is 24.0 Å². The quantitative estimate of drug-likeness (QED) is 0.293. The van der Waals surface area contributed by atoms with Gasteiger partial charge in [-0.05, 0) is 48.2 Å². The van der Waals surface area contributed by atoms with Crippen LogP contribution >= 0.6 is 0 Å². The van der Waals surface area contributed by atoms with Crippen molar-refractivity contribution in [3.8, 4) is 16.9 Å². The molecule has 1 aromatic heterocycles. The molecule has 1 fully saturated rings. The number of aliphatic hydroxyl groups is 1. The van der Waals surface area contributed by atoms with Gasteiger partial charge in [0, 0.05) is 30.8 Å². The number of ether oxygens (including phenoxy) is 1. The molecule has 4 rings (SSSR count). The third-order valence-electron chi connectivity index (χ3n) is 5.26. The van der Waals surface area contributed by atoms with Crippen LogP contribution in [-0.4, -0.2) is 46.5 Å². The maximum atomic E-state index is 13.8. The van der Waals surface area contributed by atoms with E-state index in [4.69, 9.17) is 9.84 Å². The highest BCUT2D eigenvalue weighted by Crippen LogP contribution is 2.31. The maximum absolute atomic E-state index is 13.8. The molecule has 1 unspecified atom stereocenters. The van der Waals surface area contributed by atoms with E-state index in [0.29, 0.717) is 23.4 Å². The van der Waals surface area contributed by atoms with Crippen molar-refractivity contribution in [2.75, 3.05) is 18.5 Å². The van der Waals surface area contributed by atoms with Crippen LogP contribution in [0.2, 0.25) is 0 Å². The van der Waals surface area contributed by atoms with E-state index in [9.17, 15) is 14.0 Å². The fourth-order valence-corrected chi connectivity index (χ4v) is 3.37. The summed E-state index contributed by atoms with van der Waals surface area (Å²) < 4.78 is 19.6. The number of nitrogens with one attached hydrogen (secondary N) is 4. The van der Waals surface area contributed by atoms with Crippen LogP contribution in [0.1, 0.15) is 30.9 Å². The number of halogens is 1. The van der Waals surface area contributed by atoms with Crippen LogP contribution in [0.3, 0.4) is 0 Å². The van der Waals surface area contributed by atoms with Crippen molar-refractivity contribution in [3.63, 3.8) is 0 Å². The molecule has 10 heteroatoms. The molecule has 178 valence electrons. The van der Waals surface area contributed by atoms with Crippen LogP contribution in [0.25, 0.3) is 11.1 Å². The summed E-state index contributed by atoms with van der Waals surface area (Å²) in [4.78, 5) is 25.7. The predicted octanol–water partition coefficient (Wildman–Crippen LogP) is 3.12. The van der Waals surface area contributed by atoms with E-state index in [1.165, 1.54) is 18.2 Å². The number of H-pyrrole nitrogens is 1. The third-order valence-corrected chi connectivity index (χ3v) is 5.26. The maximum Gasteiger partial charge on any atom is 0.320 e. The molecule has 1 aliphatic carbocycles. The van der Waals surface area contributed by atoms with Gasteiger partial charge in [-0.3, -0.25) is 9.89 Å². The summed E-state index contributed by atoms with van der Waals surface area (Å²) in [6.07, 6.45) is 5.57. The summed E-state index contributed by atoms with van der Waals surface area (Å²) in [5.74, 6) is -0.511. The summed E-state index contributed by atoms with van der Waals surface area (Å²) in [6.45, 7) is 0.216. The minimum absolute atomic E-state index is 0.0317. The average molecular weight is 468 g/mol. The molecule has 34 heavy (non-hydrogen) atoms. The number of benzene rings is 2. The second-order valence-corrected chi connectivity index (χ2v) is 7.99. The first-order valence-corrected chi connectivity index (χ1v) is 11.0. The molecular formula is C24H26FN5O4. The molecule has 1 aliphatic rings. The number of carbonyl (C=O) groups excluding carboxylic acids is 2. The topological polar surface area (TPSA) is 128 Å². The zero-order valence-electron chi connectivity index (χ0n) is 18.4. The van der Waals surface area contributed by atoms with Crippen LogP contribution in [0.4, 0.5) is 14.9 Å². The van der Waals surface area contributed by atoms with Gasteiger partial charge < -0.3 is 25.8 Å². The Hall–Kier alpha value is -3.92. The average Bonchev–Trinajstić information content (AvgIpc) is 3.46. The smallest absolute Gasteiger partial charge is 0.320 e. The van der Waals surface area contributed by atoms with E-state index in [1.807, 2.05) is 0 Å². The second kappa shape index (κ2) is 10.8. The number of anilines is 1. The number of aliphatic hydroxyl groups excluding tert-OH is 1. The van der Waals surface area contributed by atoms with Gasteiger partial charge in [-0.15, -0.1) is 0 Å². The molecule has 3 amide bonds. The molecule has 1 heterocycles. The summed E-state index contributed by atoms with van der Waals surface area (Å²) >= 11 is 0. The Morgan fingerprint density at radius 2 is 2.06 bits per heavy atom. The van der Waals surface area contributed by atoms with Crippen molar-refractivity contribution < 1.29 is 23.8 Å². The van der Waals surface area contributed by atoms with E-state index in [1.54, 1.807) is 36.7 Å². The standard InChI is InChI=1S/C24H26FN5O4/c25-18-4-1-3-16(11-18)22(23(32)28-19-6-7-19)30-24(33)29-20-8-5-15(17-13-26-27-14-17)12-21(20)34-10-2-9-31/h1,3-5,8,11-14,19,22,31H,2,6-7,9-10H2,(H,26,27)(H,28,32)(H2,29,30,33). The van der Waals surface area contributed by atoms with Gasteiger partial charge in [-0.25, -0.2) is 9.18 Å². The Bertz CT molecular complexity index is 1130. The van der Waals surface area contributed by atoms with Crippen LogP contribution in [0.15, 0.2) is 54.9 Å². The summed E-state index contributed by atoms with van der Waals surface area (Å²) in [7, 11) is 0. The highest BCUT2D eigenvalue weighted by atomic mass is 19.1. The monoisotopic (exact) mass is 467 g/mol. The van der Waals surface area contributed by atoms with Crippen molar-refractivity contribution >= 4 is 17.6 Å². The minimum atomic E-state index is -1.07. The summed E-state index contributed by atoms with van der Waals surface area (Å²) in [5, 5.41) is 24.0. The van der Waals surface area contributed by atoms with Crippen LogP contribution < -0.4 is 20.7 Å². The molecule has 0 aliphatic heterocycles. The number of hydrogen-bond donors (Lipinski definition) is 5. The van der Waals surface area contributed by atoms with Crippen LogP contribution in [-0.2, 0) is 4.79 Å². The van der Waals surface area contributed by atoms with Gasteiger partial charge in [0.1, 0.15) is 17.6 Å². The number of amides is 3. The third kappa shape index (κ3) is 6.10. The van der Waals surface area contributed by atoms with E-state index in [2.05, 4.69) is 26.1 Å². The zero-order valence-corrected chi connectivity index (χ0v) is 18.4. The van der Waals surface area contributed by atoms with Crippen molar-refractivity contribution in [1.29, 1.82) is 0 Å². The van der Waals surface area contributed by atoms with Crippen molar-refractivity contribution in [2.24, 2.45) is 0 Å². The van der Waals surface area contributed by atoms with Crippen molar-refractivity contribution in [3.05, 3.63) is 66.2 Å². The number of nitrogens with zero attached hydrogens (tertiary/aromatic N) is 1. The fraction of sp³-hybridized carbons (Fsp3) is 0.292. The normalized spacial score (nSPS) is 13.7. The van der Waals surface area contributed by atoms with Gasteiger partial charge in [0.2, 0.25) is 5.91 Å². The Kier molecular flexibility index (Phi) is 7.38. The summed E-state index contributed by atoms with van der Waals surface area (Å²) in [6, 6.07) is 9.16. The van der Waals surface area contributed by atoms with Gasteiger partial charge in [0.15, 0.2) is 0 Å². The van der Waals surface area contributed by atoms with Gasteiger partial charge in [0.05, 0.1) is 18.5 Å². The molecule has 9 nitrogen and oxygen atoms in total. The molecule has 1 atom stereocenters. The lowest BCUT2D eigenvalue weighted by atomic mass is 10.1. The number of hydrogen-bond acceptors (Lipinski definition) is 5. The molecule has 0 saturated heterocycles. The van der Waals surface area contributed by atoms with Gasteiger partial charge >= 0.3 is 6.03 Å². The van der Waals surface area contributed by atoms with E-state index >= 15 is 0 Å².